The first-order chi connectivity index (χ1) is 7.22. The maximum Gasteiger partial charge on any atom is 0.173 e. The summed E-state index contributed by atoms with van der Waals surface area (Å²) in [7, 11) is 0. The third-order valence-corrected chi connectivity index (χ3v) is 3.09. The number of hydrogen-bond acceptors (Lipinski definition) is 3. The van der Waals surface area contributed by atoms with Gasteiger partial charge in [-0.1, -0.05) is 11.8 Å². The van der Waals surface area contributed by atoms with Crippen molar-refractivity contribution in [1.29, 1.82) is 0 Å². The number of aromatic nitrogens is 2. The van der Waals surface area contributed by atoms with Crippen molar-refractivity contribution in [2.45, 2.75) is 5.16 Å². The first kappa shape index (κ1) is 10.6. The Bertz CT molecular complexity index is 467. The number of benzene rings is 1. The second kappa shape index (κ2) is 4.28. The molecule has 0 aliphatic heterocycles. The van der Waals surface area contributed by atoms with Crippen LogP contribution < -0.4 is 0 Å². The van der Waals surface area contributed by atoms with Crippen LogP contribution >= 0.6 is 27.7 Å². The molecule has 2 aromatic rings. The number of halogens is 1. The summed E-state index contributed by atoms with van der Waals surface area (Å²) in [4.78, 5) is 4.12. The first-order valence-electron chi connectivity index (χ1n) is 4.21. The molecule has 1 aromatic carbocycles. The third-order valence-electron chi connectivity index (χ3n) is 1.92. The highest BCUT2D eigenvalue weighted by molar-refractivity contribution is 9.10. The number of thioether (sulfide) groups is 1. The van der Waals surface area contributed by atoms with Gasteiger partial charge in [-0.3, -0.25) is 4.57 Å². The third kappa shape index (κ3) is 2.03. The lowest BCUT2D eigenvalue weighted by molar-refractivity contribution is 0.475. The van der Waals surface area contributed by atoms with E-state index in [2.05, 4.69) is 27.1 Å². The van der Waals surface area contributed by atoms with Crippen molar-refractivity contribution >= 4 is 27.7 Å². The fraction of sp³-hybridized carbons (Fsp3) is 0.100. The molecule has 0 unspecified atom stereocenters. The highest BCUT2D eigenvalue weighted by Crippen LogP contribution is 2.25. The van der Waals surface area contributed by atoms with E-state index in [1.165, 1.54) is 0 Å². The van der Waals surface area contributed by atoms with Gasteiger partial charge in [0.15, 0.2) is 5.16 Å². The van der Waals surface area contributed by atoms with Crippen molar-refractivity contribution in [3.8, 4) is 11.4 Å². The van der Waals surface area contributed by atoms with Crippen LogP contribution in [0.1, 0.15) is 0 Å². The standard InChI is InChI=1S/C10H8BrN2OS/c1-15-10-12-6-9(11)13(10)7-2-4-8(14)5-3-7/h2-5,14H,1H3. The molecule has 1 heterocycles. The molecule has 0 spiro atoms. The molecule has 15 heavy (non-hydrogen) atoms. The van der Waals surface area contributed by atoms with Crippen molar-refractivity contribution in [3.05, 3.63) is 35.1 Å². The number of rotatable bonds is 2. The number of phenols is 1. The van der Waals surface area contributed by atoms with Gasteiger partial charge in [0.25, 0.3) is 0 Å². The molecule has 0 amide bonds. The Morgan fingerprint density at radius 1 is 1.40 bits per heavy atom. The Kier molecular flexibility index (Phi) is 3.02. The van der Waals surface area contributed by atoms with Gasteiger partial charge in [0, 0.05) is 5.69 Å². The number of hydrogen-bond donors (Lipinski definition) is 1. The van der Waals surface area contributed by atoms with Crippen LogP contribution in [-0.2, 0) is 0 Å². The molecule has 0 saturated heterocycles. The Labute approximate surface area is 100 Å². The highest BCUT2D eigenvalue weighted by atomic mass is 79.9. The Hall–Kier alpha value is -0.940. The minimum absolute atomic E-state index is 0.254. The lowest BCUT2D eigenvalue weighted by Crippen LogP contribution is -1.95. The van der Waals surface area contributed by atoms with E-state index >= 15 is 0 Å². The molecule has 2 rings (SSSR count). The summed E-state index contributed by atoms with van der Waals surface area (Å²) >= 11 is 4.93. The lowest BCUT2D eigenvalue weighted by Gasteiger charge is -2.07. The summed E-state index contributed by atoms with van der Waals surface area (Å²) in [5, 5.41) is 10.1. The van der Waals surface area contributed by atoms with E-state index in [1.807, 2.05) is 23.0 Å². The summed E-state index contributed by atoms with van der Waals surface area (Å²) in [5.41, 5.74) is 0.942. The van der Waals surface area contributed by atoms with E-state index in [0.29, 0.717) is 0 Å². The Balaban J connectivity index is 2.52. The van der Waals surface area contributed by atoms with Crippen LogP contribution in [0.25, 0.3) is 5.69 Å². The Morgan fingerprint density at radius 3 is 2.67 bits per heavy atom. The van der Waals surface area contributed by atoms with E-state index in [0.717, 1.165) is 15.4 Å². The molecule has 1 N–H and O–H groups in total. The smallest absolute Gasteiger partial charge is 0.173 e. The summed E-state index contributed by atoms with van der Waals surface area (Å²) in [5.74, 6) is 0.254. The molecule has 0 atom stereocenters. The summed E-state index contributed by atoms with van der Waals surface area (Å²) in [6.07, 6.45) is 4.81. The van der Waals surface area contributed by atoms with E-state index in [9.17, 15) is 5.11 Å². The SMILES string of the molecule is CSc1n[c]c(Br)n1-c1ccc(O)cc1. The van der Waals surface area contributed by atoms with Crippen LogP contribution in [0.4, 0.5) is 0 Å². The van der Waals surface area contributed by atoms with Gasteiger partial charge in [-0.2, -0.15) is 0 Å². The van der Waals surface area contributed by atoms with Gasteiger partial charge in [-0.25, -0.2) is 4.98 Å². The number of imidazole rings is 1. The average molecular weight is 284 g/mol. The minimum Gasteiger partial charge on any atom is -0.508 e. The summed E-state index contributed by atoms with van der Waals surface area (Å²) < 4.78 is 2.70. The van der Waals surface area contributed by atoms with Crippen LogP contribution in [0.2, 0.25) is 0 Å². The van der Waals surface area contributed by atoms with Gasteiger partial charge in [0.2, 0.25) is 0 Å². The quantitative estimate of drug-likeness (QED) is 0.862. The fourth-order valence-corrected chi connectivity index (χ4v) is 2.34. The molecule has 77 valence electrons. The van der Waals surface area contributed by atoms with E-state index in [-0.39, 0.29) is 5.75 Å². The van der Waals surface area contributed by atoms with Gasteiger partial charge in [-0.15, -0.1) is 0 Å². The predicted octanol–water partition coefficient (Wildman–Crippen LogP) is 2.86. The van der Waals surface area contributed by atoms with Gasteiger partial charge in [0.05, 0.1) is 0 Å². The van der Waals surface area contributed by atoms with Crippen molar-refractivity contribution < 1.29 is 5.11 Å². The molecule has 0 aliphatic rings. The van der Waals surface area contributed by atoms with Crippen LogP contribution in [0, 0.1) is 6.20 Å². The maximum absolute atomic E-state index is 9.20. The van der Waals surface area contributed by atoms with Crippen molar-refractivity contribution in [3.63, 3.8) is 0 Å². The largest absolute Gasteiger partial charge is 0.508 e. The number of phenolic OH excluding ortho intramolecular Hbond substituents is 1. The second-order valence-electron chi connectivity index (χ2n) is 2.85. The minimum atomic E-state index is 0.254. The zero-order chi connectivity index (χ0) is 10.8. The van der Waals surface area contributed by atoms with Crippen LogP contribution in [-0.4, -0.2) is 20.9 Å². The topological polar surface area (TPSA) is 38.0 Å². The maximum atomic E-state index is 9.20. The molecule has 0 fully saturated rings. The molecule has 0 saturated carbocycles. The highest BCUT2D eigenvalue weighted by Gasteiger charge is 2.09. The average Bonchev–Trinajstić information content (AvgIpc) is 2.61. The fourth-order valence-electron chi connectivity index (χ4n) is 1.24. The van der Waals surface area contributed by atoms with E-state index < -0.39 is 0 Å². The monoisotopic (exact) mass is 283 g/mol. The van der Waals surface area contributed by atoms with Crippen LogP contribution in [0.5, 0.6) is 5.75 Å². The second-order valence-corrected chi connectivity index (χ2v) is 4.38. The molecule has 5 heteroatoms. The van der Waals surface area contributed by atoms with Crippen molar-refractivity contribution in [1.82, 2.24) is 9.55 Å². The molecule has 1 aromatic heterocycles. The zero-order valence-corrected chi connectivity index (χ0v) is 10.3. The van der Waals surface area contributed by atoms with Gasteiger partial charge >= 0.3 is 0 Å². The molecule has 0 bridgehead atoms. The number of aromatic hydroxyl groups is 1. The van der Waals surface area contributed by atoms with Crippen molar-refractivity contribution in [2.24, 2.45) is 0 Å². The van der Waals surface area contributed by atoms with Crippen LogP contribution in [0.15, 0.2) is 34.0 Å². The van der Waals surface area contributed by atoms with E-state index in [4.69, 9.17) is 0 Å². The molecular formula is C10H8BrN2OS. The van der Waals surface area contributed by atoms with E-state index in [1.54, 1.807) is 23.9 Å². The zero-order valence-electron chi connectivity index (χ0n) is 7.94. The van der Waals surface area contributed by atoms with Crippen LogP contribution in [0.3, 0.4) is 0 Å². The summed E-state index contributed by atoms with van der Waals surface area (Å²) in [6, 6.07) is 6.95. The first-order valence-corrected chi connectivity index (χ1v) is 6.23. The predicted molar refractivity (Wildman–Crippen MR) is 63.5 cm³/mol. The molecule has 3 nitrogen and oxygen atoms in total. The summed E-state index contributed by atoms with van der Waals surface area (Å²) in [6.45, 7) is 0. The molecular weight excluding hydrogens is 276 g/mol. The van der Waals surface area contributed by atoms with Gasteiger partial charge in [0.1, 0.15) is 16.5 Å². The van der Waals surface area contributed by atoms with Gasteiger partial charge < -0.3 is 5.11 Å². The van der Waals surface area contributed by atoms with Gasteiger partial charge in [-0.05, 0) is 46.5 Å². The lowest BCUT2D eigenvalue weighted by atomic mass is 10.3. The normalized spacial score (nSPS) is 10.5. The Morgan fingerprint density at radius 2 is 2.07 bits per heavy atom. The number of nitrogens with zero attached hydrogens (tertiary/aromatic N) is 2. The molecule has 1 radical (unpaired) electrons. The molecule has 0 aliphatic carbocycles. The van der Waals surface area contributed by atoms with Crippen molar-refractivity contribution in [2.75, 3.05) is 6.26 Å².